The summed E-state index contributed by atoms with van der Waals surface area (Å²) in [7, 11) is 0. The van der Waals surface area contributed by atoms with Gasteiger partial charge in [0, 0.05) is 18.7 Å². The minimum absolute atomic E-state index is 0.0133. The van der Waals surface area contributed by atoms with E-state index in [-0.39, 0.29) is 5.91 Å². The maximum Gasteiger partial charge on any atom is 0.248 e. The molecule has 1 heterocycles. The number of primary amides is 1. The fourth-order valence-electron chi connectivity index (χ4n) is 4.14. The third-order valence-corrected chi connectivity index (χ3v) is 5.51. The maximum absolute atomic E-state index is 13.1. The van der Waals surface area contributed by atoms with E-state index in [1.54, 1.807) is 18.2 Å². The molecule has 2 aliphatic rings. The van der Waals surface area contributed by atoms with Crippen LogP contribution in [0.4, 0.5) is 0 Å². The van der Waals surface area contributed by atoms with Gasteiger partial charge in [0.2, 0.25) is 11.8 Å². The lowest BCUT2D eigenvalue weighted by Crippen LogP contribution is -2.37. The van der Waals surface area contributed by atoms with Gasteiger partial charge in [-0.2, -0.15) is 0 Å². The van der Waals surface area contributed by atoms with Gasteiger partial charge in [-0.15, -0.1) is 0 Å². The van der Waals surface area contributed by atoms with Gasteiger partial charge in [0.05, 0.1) is 11.5 Å². The van der Waals surface area contributed by atoms with E-state index in [4.69, 9.17) is 5.73 Å². The molecule has 5 heteroatoms. The fourth-order valence-corrected chi connectivity index (χ4v) is 4.14. The largest absolute Gasteiger partial charge is 0.387 e. The van der Waals surface area contributed by atoms with Crippen molar-refractivity contribution in [2.45, 2.75) is 25.5 Å². The first-order valence-electron chi connectivity index (χ1n) is 8.45. The van der Waals surface area contributed by atoms with E-state index in [1.165, 1.54) is 0 Å². The van der Waals surface area contributed by atoms with Gasteiger partial charge in [0.15, 0.2) is 0 Å². The first kappa shape index (κ1) is 15.8. The highest BCUT2D eigenvalue weighted by molar-refractivity contribution is 5.93. The second kappa shape index (κ2) is 5.70. The Hall–Kier alpha value is -2.66. The molecule has 0 saturated carbocycles. The summed E-state index contributed by atoms with van der Waals surface area (Å²) in [6, 6.07) is 14.9. The van der Waals surface area contributed by atoms with Crippen molar-refractivity contribution < 1.29 is 14.7 Å². The number of aliphatic hydroxyl groups excluding tert-OH is 1. The number of fused-ring (bicyclic) bond motifs is 1. The summed E-state index contributed by atoms with van der Waals surface area (Å²) in [5, 5.41) is 10.9. The highest BCUT2D eigenvalue weighted by Crippen LogP contribution is 2.52. The molecule has 1 spiro atoms. The molecule has 0 radical (unpaired) electrons. The van der Waals surface area contributed by atoms with Crippen molar-refractivity contribution in [1.82, 2.24) is 4.90 Å². The summed E-state index contributed by atoms with van der Waals surface area (Å²) in [5.41, 5.74) is 7.61. The second-order valence-corrected chi connectivity index (χ2v) is 6.98. The van der Waals surface area contributed by atoms with Crippen molar-refractivity contribution in [2.24, 2.45) is 11.1 Å². The second-order valence-electron chi connectivity index (χ2n) is 6.98. The van der Waals surface area contributed by atoms with Crippen LogP contribution in [0.2, 0.25) is 0 Å². The SMILES string of the molecule is NC(=O)c1ccc2c(c1)CC1(CCN(Cc3ccccc3)C1=O)C2O. The molecule has 2 amide bonds. The van der Waals surface area contributed by atoms with Crippen LogP contribution in [0, 0.1) is 5.41 Å². The van der Waals surface area contributed by atoms with Crippen LogP contribution >= 0.6 is 0 Å². The predicted molar refractivity (Wildman–Crippen MR) is 92.5 cm³/mol. The number of amides is 2. The van der Waals surface area contributed by atoms with E-state index < -0.39 is 17.4 Å². The van der Waals surface area contributed by atoms with Crippen molar-refractivity contribution in [2.75, 3.05) is 6.54 Å². The number of nitrogens with zero attached hydrogens (tertiary/aromatic N) is 1. The number of carbonyl (C=O) groups is 2. The van der Waals surface area contributed by atoms with Crippen molar-refractivity contribution in [3.8, 4) is 0 Å². The molecule has 2 unspecified atom stereocenters. The predicted octanol–water partition coefficient (Wildman–Crippen LogP) is 1.79. The van der Waals surface area contributed by atoms with Gasteiger partial charge >= 0.3 is 0 Å². The molecule has 0 bridgehead atoms. The highest BCUT2D eigenvalue weighted by atomic mass is 16.3. The number of carbonyl (C=O) groups excluding carboxylic acids is 2. The van der Waals surface area contributed by atoms with Crippen LogP contribution in [0.3, 0.4) is 0 Å². The highest BCUT2D eigenvalue weighted by Gasteiger charge is 2.55. The Morgan fingerprint density at radius 2 is 2.00 bits per heavy atom. The van der Waals surface area contributed by atoms with Crippen LogP contribution in [0.15, 0.2) is 48.5 Å². The number of aliphatic hydroxyl groups is 1. The minimum atomic E-state index is -0.835. The summed E-state index contributed by atoms with van der Waals surface area (Å²) < 4.78 is 0. The Labute approximate surface area is 146 Å². The summed E-state index contributed by atoms with van der Waals surface area (Å²) >= 11 is 0. The van der Waals surface area contributed by atoms with E-state index in [2.05, 4.69) is 0 Å². The Morgan fingerprint density at radius 3 is 2.72 bits per heavy atom. The number of rotatable bonds is 3. The van der Waals surface area contributed by atoms with Crippen molar-refractivity contribution >= 4 is 11.8 Å². The number of likely N-dealkylation sites (tertiary alicyclic amines) is 1. The van der Waals surface area contributed by atoms with Gasteiger partial charge in [-0.05, 0) is 41.7 Å². The van der Waals surface area contributed by atoms with Crippen LogP contribution in [0.1, 0.15) is 39.6 Å². The molecule has 1 aliphatic heterocycles. The maximum atomic E-state index is 13.1. The smallest absolute Gasteiger partial charge is 0.248 e. The van der Waals surface area contributed by atoms with Crippen molar-refractivity contribution in [3.05, 3.63) is 70.8 Å². The molecule has 1 saturated heterocycles. The van der Waals surface area contributed by atoms with E-state index >= 15 is 0 Å². The summed E-state index contributed by atoms with van der Waals surface area (Å²) in [4.78, 5) is 26.3. The van der Waals surface area contributed by atoms with Gasteiger partial charge < -0.3 is 15.7 Å². The topological polar surface area (TPSA) is 83.6 Å². The van der Waals surface area contributed by atoms with Crippen LogP contribution < -0.4 is 5.73 Å². The molecule has 2 atom stereocenters. The fraction of sp³-hybridized carbons (Fsp3) is 0.300. The monoisotopic (exact) mass is 336 g/mol. The normalized spacial score (nSPS) is 24.8. The van der Waals surface area contributed by atoms with Crippen molar-refractivity contribution in [1.29, 1.82) is 0 Å². The number of hydrogen-bond donors (Lipinski definition) is 2. The lowest BCUT2D eigenvalue weighted by Gasteiger charge is -2.26. The van der Waals surface area contributed by atoms with Crippen LogP contribution in [-0.4, -0.2) is 28.4 Å². The first-order chi connectivity index (χ1) is 12.0. The van der Waals surface area contributed by atoms with Gasteiger partial charge in [-0.3, -0.25) is 9.59 Å². The Kier molecular flexibility index (Phi) is 3.62. The molecule has 1 fully saturated rings. The van der Waals surface area contributed by atoms with E-state index in [9.17, 15) is 14.7 Å². The van der Waals surface area contributed by atoms with Crippen LogP contribution in [0.5, 0.6) is 0 Å². The van der Waals surface area contributed by atoms with Gasteiger partial charge in [-0.25, -0.2) is 0 Å². The molecular weight excluding hydrogens is 316 g/mol. The lowest BCUT2D eigenvalue weighted by molar-refractivity contribution is -0.141. The van der Waals surface area contributed by atoms with Gasteiger partial charge in [-0.1, -0.05) is 36.4 Å². The summed E-state index contributed by atoms with van der Waals surface area (Å²) in [5.74, 6) is -0.512. The standard InChI is InChI=1S/C20H20N2O3/c21-18(24)14-6-7-16-15(10-14)11-20(17(16)23)8-9-22(19(20)25)12-13-4-2-1-3-5-13/h1-7,10,17,23H,8-9,11-12H2,(H2,21,24). The number of nitrogens with two attached hydrogens (primary N) is 1. The molecule has 1 aliphatic carbocycles. The average molecular weight is 336 g/mol. The van der Waals surface area contributed by atoms with E-state index in [0.717, 1.165) is 16.7 Å². The quantitative estimate of drug-likeness (QED) is 0.896. The van der Waals surface area contributed by atoms with Gasteiger partial charge in [0.25, 0.3) is 0 Å². The molecule has 5 nitrogen and oxygen atoms in total. The van der Waals surface area contributed by atoms with Gasteiger partial charge in [0.1, 0.15) is 0 Å². The van der Waals surface area contributed by atoms with Crippen LogP contribution in [-0.2, 0) is 17.8 Å². The molecule has 4 rings (SSSR count). The van der Waals surface area contributed by atoms with E-state index in [1.807, 2.05) is 35.2 Å². The third kappa shape index (κ3) is 2.43. The summed E-state index contributed by atoms with van der Waals surface area (Å²) in [6.45, 7) is 1.18. The Bertz CT molecular complexity index is 849. The zero-order chi connectivity index (χ0) is 17.6. The first-order valence-corrected chi connectivity index (χ1v) is 8.45. The third-order valence-electron chi connectivity index (χ3n) is 5.51. The molecule has 128 valence electrons. The minimum Gasteiger partial charge on any atom is -0.387 e. The zero-order valence-electron chi connectivity index (χ0n) is 13.8. The summed E-state index contributed by atoms with van der Waals surface area (Å²) in [6.07, 6.45) is 0.229. The van der Waals surface area contributed by atoms with E-state index in [0.29, 0.717) is 31.5 Å². The van der Waals surface area contributed by atoms with Crippen molar-refractivity contribution in [3.63, 3.8) is 0 Å². The van der Waals surface area contributed by atoms with Crippen LogP contribution in [0.25, 0.3) is 0 Å². The lowest BCUT2D eigenvalue weighted by atomic mass is 9.81. The molecular formula is C20H20N2O3. The molecule has 2 aromatic carbocycles. The molecule has 2 aromatic rings. The Balaban J connectivity index is 1.61. The Morgan fingerprint density at radius 1 is 1.24 bits per heavy atom. The molecule has 3 N–H and O–H groups in total. The average Bonchev–Trinajstić information content (AvgIpc) is 3.08. The zero-order valence-corrected chi connectivity index (χ0v) is 13.8. The number of benzene rings is 2. The molecule has 25 heavy (non-hydrogen) atoms. The number of hydrogen-bond acceptors (Lipinski definition) is 3. The molecule has 0 aromatic heterocycles.